The van der Waals surface area contributed by atoms with E-state index in [0.717, 1.165) is 16.8 Å². The molecular weight excluding hydrogens is 296 g/mol. The number of aromatic amines is 1. The maximum atomic E-state index is 5.60. The molecule has 0 fully saturated rings. The molecule has 4 nitrogen and oxygen atoms in total. The lowest BCUT2D eigenvalue weighted by Crippen LogP contribution is -2.00. The lowest BCUT2D eigenvalue weighted by Gasteiger charge is -2.16. The van der Waals surface area contributed by atoms with Gasteiger partial charge in [-0.25, -0.2) is 0 Å². The molecule has 0 saturated heterocycles. The summed E-state index contributed by atoms with van der Waals surface area (Å²) in [6.45, 7) is 4.75. The van der Waals surface area contributed by atoms with E-state index in [4.69, 9.17) is 5.73 Å². The lowest BCUT2D eigenvalue weighted by molar-refractivity contribution is 0.920. The van der Waals surface area contributed by atoms with Gasteiger partial charge >= 0.3 is 0 Å². The Morgan fingerprint density at radius 1 is 1.21 bits per heavy atom. The Labute approximate surface area is 142 Å². The number of aryl methyl sites for hydroxylation is 1. The monoisotopic (exact) mass is 318 g/mol. The van der Waals surface area contributed by atoms with Gasteiger partial charge in [-0.15, -0.1) is 0 Å². The molecule has 3 aromatic rings. The second kappa shape index (κ2) is 7.23. The van der Waals surface area contributed by atoms with Crippen molar-refractivity contribution in [2.75, 3.05) is 6.54 Å². The normalized spacial score (nSPS) is 12.6. The number of aliphatic imine (C=N–C) groups is 1. The summed E-state index contributed by atoms with van der Waals surface area (Å²) in [5.74, 6) is 0.258. The Balaban J connectivity index is 2.04. The molecule has 0 spiro atoms. The highest BCUT2D eigenvalue weighted by Gasteiger charge is 2.14. The van der Waals surface area contributed by atoms with Crippen molar-refractivity contribution in [2.24, 2.45) is 10.7 Å². The smallest absolute Gasteiger partial charge is 0.0670 e. The number of hydrogen-bond acceptors (Lipinski definition) is 3. The van der Waals surface area contributed by atoms with Crippen LogP contribution in [0.5, 0.6) is 0 Å². The molecule has 122 valence electrons. The van der Waals surface area contributed by atoms with Crippen molar-refractivity contribution in [3.63, 3.8) is 0 Å². The number of rotatable bonds is 5. The van der Waals surface area contributed by atoms with Gasteiger partial charge in [0.25, 0.3) is 0 Å². The number of benzene rings is 2. The first-order chi connectivity index (χ1) is 11.7. The minimum absolute atomic E-state index is 0.258. The Morgan fingerprint density at radius 2 is 2.08 bits per heavy atom. The SMILES string of the molecule is Cc1cccc(C(C)c2ccc(-c3cn[nH]c3)cc2N=CCN)c1. The summed E-state index contributed by atoms with van der Waals surface area (Å²) in [5, 5.41) is 6.87. The third kappa shape index (κ3) is 3.44. The average molecular weight is 318 g/mol. The maximum absolute atomic E-state index is 5.60. The van der Waals surface area contributed by atoms with E-state index in [1.165, 1.54) is 16.7 Å². The van der Waals surface area contributed by atoms with Gasteiger partial charge in [0.15, 0.2) is 0 Å². The molecule has 4 heteroatoms. The quantitative estimate of drug-likeness (QED) is 0.692. The minimum Gasteiger partial charge on any atom is -0.326 e. The van der Waals surface area contributed by atoms with Gasteiger partial charge in [0.2, 0.25) is 0 Å². The Kier molecular flexibility index (Phi) is 4.87. The number of hydrogen-bond donors (Lipinski definition) is 2. The molecular formula is C20H22N4. The zero-order chi connectivity index (χ0) is 16.9. The van der Waals surface area contributed by atoms with E-state index < -0.39 is 0 Å². The standard InChI is InChI=1S/C20H22N4/c1-14-4-3-5-16(10-14)15(2)19-7-6-17(18-12-23-24-13-18)11-20(19)22-9-8-21/h3-7,9-13,15H,8,21H2,1-2H3,(H,23,24). The molecule has 1 unspecified atom stereocenters. The van der Waals surface area contributed by atoms with E-state index in [9.17, 15) is 0 Å². The predicted octanol–water partition coefficient (Wildman–Crippen LogP) is 4.20. The number of aromatic nitrogens is 2. The molecule has 0 radical (unpaired) electrons. The lowest BCUT2D eigenvalue weighted by atomic mass is 9.90. The summed E-state index contributed by atoms with van der Waals surface area (Å²) in [5.41, 5.74) is 12.4. The number of H-pyrrole nitrogens is 1. The second-order valence-electron chi connectivity index (χ2n) is 5.94. The van der Waals surface area contributed by atoms with E-state index in [1.54, 1.807) is 6.21 Å². The molecule has 0 aliphatic carbocycles. The van der Waals surface area contributed by atoms with E-state index in [1.807, 2.05) is 12.4 Å². The predicted molar refractivity (Wildman–Crippen MR) is 99.9 cm³/mol. The highest BCUT2D eigenvalue weighted by Crippen LogP contribution is 2.35. The summed E-state index contributed by atoms with van der Waals surface area (Å²) >= 11 is 0. The number of nitrogens with two attached hydrogens (primary N) is 1. The van der Waals surface area contributed by atoms with Crippen LogP contribution in [0.25, 0.3) is 11.1 Å². The largest absolute Gasteiger partial charge is 0.326 e. The van der Waals surface area contributed by atoms with Gasteiger partial charge in [0.1, 0.15) is 0 Å². The van der Waals surface area contributed by atoms with E-state index in [2.05, 4.69) is 71.5 Å². The average Bonchev–Trinajstić information content (AvgIpc) is 3.14. The maximum Gasteiger partial charge on any atom is 0.0670 e. The van der Waals surface area contributed by atoms with Crippen molar-refractivity contribution in [1.82, 2.24) is 10.2 Å². The Bertz CT molecular complexity index is 835. The summed E-state index contributed by atoms with van der Waals surface area (Å²) < 4.78 is 0. The number of nitrogens with one attached hydrogen (secondary N) is 1. The van der Waals surface area contributed by atoms with Gasteiger partial charge in [-0.05, 0) is 29.7 Å². The molecule has 2 aromatic carbocycles. The van der Waals surface area contributed by atoms with Crippen molar-refractivity contribution < 1.29 is 0 Å². The van der Waals surface area contributed by atoms with E-state index in [0.29, 0.717) is 6.54 Å². The zero-order valence-electron chi connectivity index (χ0n) is 14.0. The van der Waals surface area contributed by atoms with Crippen LogP contribution in [0, 0.1) is 6.92 Å². The van der Waals surface area contributed by atoms with Crippen molar-refractivity contribution in [2.45, 2.75) is 19.8 Å². The van der Waals surface area contributed by atoms with Crippen LogP contribution in [0.1, 0.15) is 29.5 Å². The van der Waals surface area contributed by atoms with Crippen molar-refractivity contribution in [1.29, 1.82) is 0 Å². The van der Waals surface area contributed by atoms with Crippen LogP contribution in [0.3, 0.4) is 0 Å². The third-order valence-electron chi connectivity index (χ3n) is 4.21. The highest BCUT2D eigenvalue weighted by molar-refractivity contribution is 5.72. The first-order valence-corrected chi connectivity index (χ1v) is 8.11. The molecule has 0 saturated carbocycles. The Morgan fingerprint density at radius 3 is 2.79 bits per heavy atom. The van der Waals surface area contributed by atoms with Crippen LogP contribution in [0.15, 0.2) is 59.9 Å². The van der Waals surface area contributed by atoms with Gasteiger partial charge in [-0.2, -0.15) is 5.10 Å². The Hall–Kier alpha value is -2.72. The summed E-state index contributed by atoms with van der Waals surface area (Å²) in [6.07, 6.45) is 5.45. The van der Waals surface area contributed by atoms with Crippen molar-refractivity contribution in [3.05, 3.63) is 71.5 Å². The fourth-order valence-corrected chi connectivity index (χ4v) is 2.88. The first-order valence-electron chi connectivity index (χ1n) is 8.11. The van der Waals surface area contributed by atoms with Gasteiger partial charge in [-0.3, -0.25) is 10.1 Å². The highest BCUT2D eigenvalue weighted by atomic mass is 15.1. The molecule has 1 atom stereocenters. The van der Waals surface area contributed by atoms with E-state index >= 15 is 0 Å². The summed E-state index contributed by atoms with van der Waals surface area (Å²) in [7, 11) is 0. The second-order valence-corrected chi connectivity index (χ2v) is 5.94. The van der Waals surface area contributed by atoms with Crippen LogP contribution in [-0.2, 0) is 0 Å². The van der Waals surface area contributed by atoms with Crippen LogP contribution in [0.2, 0.25) is 0 Å². The summed E-state index contributed by atoms with van der Waals surface area (Å²) in [4.78, 5) is 4.58. The van der Waals surface area contributed by atoms with Gasteiger partial charge in [-0.1, -0.05) is 48.9 Å². The van der Waals surface area contributed by atoms with Crippen molar-refractivity contribution in [3.8, 4) is 11.1 Å². The van der Waals surface area contributed by atoms with Crippen LogP contribution in [-0.4, -0.2) is 23.0 Å². The molecule has 0 aliphatic rings. The van der Waals surface area contributed by atoms with Crippen LogP contribution < -0.4 is 5.73 Å². The van der Waals surface area contributed by atoms with Crippen LogP contribution >= 0.6 is 0 Å². The van der Waals surface area contributed by atoms with Gasteiger partial charge < -0.3 is 5.73 Å². The molecule has 0 aliphatic heterocycles. The molecule has 1 heterocycles. The first kappa shape index (κ1) is 16.1. The number of nitrogens with zero attached hydrogens (tertiary/aromatic N) is 2. The topological polar surface area (TPSA) is 67.1 Å². The van der Waals surface area contributed by atoms with Crippen LogP contribution in [0.4, 0.5) is 5.69 Å². The third-order valence-corrected chi connectivity index (χ3v) is 4.21. The minimum atomic E-state index is 0.258. The zero-order valence-corrected chi connectivity index (χ0v) is 14.0. The molecule has 0 bridgehead atoms. The fourth-order valence-electron chi connectivity index (χ4n) is 2.88. The van der Waals surface area contributed by atoms with Gasteiger partial charge in [0.05, 0.1) is 11.9 Å². The molecule has 1 aromatic heterocycles. The molecule has 3 rings (SSSR count). The molecule has 3 N–H and O–H groups in total. The molecule has 0 amide bonds. The van der Waals surface area contributed by atoms with Gasteiger partial charge in [0, 0.05) is 30.4 Å². The molecule has 24 heavy (non-hydrogen) atoms. The fraction of sp³-hybridized carbons (Fsp3) is 0.200. The van der Waals surface area contributed by atoms with Crippen molar-refractivity contribution >= 4 is 11.9 Å². The summed E-state index contributed by atoms with van der Waals surface area (Å²) in [6, 6.07) is 15.0. The van der Waals surface area contributed by atoms with E-state index in [-0.39, 0.29) is 5.92 Å².